The van der Waals surface area contributed by atoms with Crippen molar-refractivity contribution >= 4 is 28.2 Å². The number of nitrogens with one attached hydrogen (secondary N) is 1. The van der Waals surface area contributed by atoms with Gasteiger partial charge in [0.05, 0.1) is 18.4 Å². The third-order valence-electron chi connectivity index (χ3n) is 4.05. The van der Waals surface area contributed by atoms with Crippen molar-refractivity contribution < 1.29 is 18.7 Å². The molecule has 1 aromatic carbocycles. The number of esters is 1. The Morgan fingerprint density at radius 1 is 1.19 bits per heavy atom. The average molecular weight is 388 g/mol. The quantitative estimate of drug-likeness (QED) is 0.692. The summed E-state index contributed by atoms with van der Waals surface area (Å²) >= 11 is 1.28. The summed E-state index contributed by atoms with van der Waals surface area (Å²) in [4.78, 5) is 29.7. The largest absolute Gasteiger partial charge is 0.465 e. The molecule has 0 fully saturated rings. The molecule has 0 spiro atoms. The predicted octanol–water partition coefficient (Wildman–Crippen LogP) is 3.43. The van der Waals surface area contributed by atoms with Crippen molar-refractivity contribution in [2.24, 2.45) is 0 Å². The van der Waals surface area contributed by atoms with Crippen LogP contribution in [0.3, 0.4) is 0 Å². The van der Waals surface area contributed by atoms with Gasteiger partial charge in [0.2, 0.25) is 5.82 Å². The summed E-state index contributed by atoms with van der Waals surface area (Å²) in [5, 5.41) is 7.26. The van der Waals surface area contributed by atoms with Crippen LogP contribution in [-0.2, 0) is 4.74 Å². The Bertz CT molecular complexity index is 1020. The van der Waals surface area contributed by atoms with Gasteiger partial charge in [0.15, 0.2) is 0 Å². The van der Waals surface area contributed by atoms with Crippen LogP contribution in [0.25, 0.3) is 5.69 Å². The van der Waals surface area contributed by atoms with Gasteiger partial charge in [-0.15, -0.1) is 16.4 Å². The molecule has 2 heterocycles. The average Bonchev–Trinajstić information content (AvgIpc) is 3.15. The number of nitrogens with zero attached hydrogens (tertiary/aromatic N) is 3. The van der Waals surface area contributed by atoms with Gasteiger partial charge in [0.25, 0.3) is 5.91 Å². The fraction of sp³-hybridized carbons (Fsp3) is 0.222. The molecule has 3 aromatic rings. The molecule has 1 amide bonds. The molecule has 0 saturated heterocycles. The summed E-state index contributed by atoms with van der Waals surface area (Å²) in [7, 11) is 1.29. The Balaban J connectivity index is 1.90. The van der Waals surface area contributed by atoms with E-state index in [2.05, 4.69) is 15.4 Å². The van der Waals surface area contributed by atoms with Crippen LogP contribution in [0.15, 0.2) is 24.3 Å². The van der Waals surface area contributed by atoms with Gasteiger partial charge < -0.3 is 10.1 Å². The van der Waals surface area contributed by atoms with E-state index in [1.807, 2.05) is 6.92 Å². The molecular weight excluding hydrogens is 371 g/mol. The van der Waals surface area contributed by atoms with Crippen molar-refractivity contribution in [3.63, 3.8) is 0 Å². The van der Waals surface area contributed by atoms with Crippen molar-refractivity contribution in [1.82, 2.24) is 14.8 Å². The Morgan fingerprint density at radius 3 is 2.48 bits per heavy atom. The number of carbonyl (C=O) groups is 2. The van der Waals surface area contributed by atoms with Crippen molar-refractivity contribution in [3.8, 4) is 5.69 Å². The lowest BCUT2D eigenvalue weighted by Gasteiger charge is -2.04. The SMILES string of the molecule is COC(=O)c1c(NC(=O)c2nc(C)n(-c3ccc(F)cc3)n2)sc(C)c1C. The number of methoxy groups -OCH3 is 1. The number of carbonyl (C=O) groups excluding carboxylic acids is 2. The molecule has 0 bridgehead atoms. The monoisotopic (exact) mass is 388 g/mol. The highest BCUT2D eigenvalue weighted by atomic mass is 32.1. The van der Waals surface area contributed by atoms with Crippen LogP contribution in [0.5, 0.6) is 0 Å². The molecule has 1 N–H and O–H groups in total. The first-order chi connectivity index (χ1) is 12.8. The maximum atomic E-state index is 13.1. The molecule has 27 heavy (non-hydrogen) atoms. The van der Waals surface area contributed by atoms with Crippen LogP contribution >= 0.6 is 11.3 Å². The topological polar surface area (TPSA) is 86.1 Å². The highest BCUT2D eigenvalue weighted by molar-refractivity contribution is 7.16. The second-order valence-corrected chi connectivity index (χ2v) is 7.03. The third-order valence-corrected chi connectivity index (χ3v) is 5.17. The lowest BCUT2D eigenvalue weighted by molar-refractivity contribution is 0.0601. The number of halogens is 1. The van der Waals surface area contributed by atoms with Gasteiger partial charge in [0, 0.05) is 4.88 Å². The molecule has 0 atom stereocenters. The zero-order valence-electron chi connectivity index (χ0n) is 15.2. The first kappa shape index (κ1) is 18.7. The summed E-state index contributed by atoms with van der Waals surface area (Å²) in [6.45, 7) is 5.33. The number of hydrogen-bond donors (Lipinski definition) is 1. The highest BCUT2D eigenvalue weighted by Crippen LogP contribution is 2.33. The minimum atomic E-state index is -0.551. The Hall–Kier alpha value is -3.07. The van der Waals surface area contributed by atoms with Gasteiger partial charge in [-0.3, -0.25) is 4.79 Å². The van der Waals surface area contributed by atoms with Crippen molar-refractivity contribution in [3.05, 3.63) is 57.7 Å². The maximum Gasteiger partial charge on any atom is 0.341 e. The summed E-state index contributed by atoms with van der Waals surface area (Å²) < 4.78 is 19.3. The number of aryl methyl sites for hydroxylation is 2. The highest BCUT2D eigenvalue weighted by Gasteiger charge is 2.23. The fourth-order valence-corrected chi connectivity index (χ4v) is 3.58. The number of anilines is 1. The second kappa shape index (κ2) is 7.28. The number of hydrogen-bond acceptors (Lipinski definition) is 6. The molecule has 0 aliphatic heterocycles. The zero-order chi connectivity index (χ0) is 19.7. The minimum absolute atomic E-state index is 0.0589. The molecule has 0 radical (unpaired) electrons. The van der Waals surface area contributed by atoms with Gasteiger partial charge >= 0.3 is 5.97 Å². The molecule has 140 valence electrons. The van der Waals surface area contributed by atoms with E-state index in [4.69, 9.17) is 4.74 Å². The molecule has 9 heteroatoms. The fourth-order valence-electron chi connectivity index (χ4n) is 2.53. The van der Waals surface area contributed by atoms with E-state index >= 15 is 0 Å². The minimum Gasteiger partial charge on any atom is -0.465 e. The van der Waals surface area contributed by atoms with Crippen LogP contribution in [0.4, 0.5) is 9.39 Å². The summed E-state index contributed by atoms with van der Waals surface area (Å²) in [5.74, 6) is -1.03. The first-order valence-electron chi connectivity index (χ1n) is 8.01. The number of thiophene rings is 1. The van der Waals surface area contributed by atoms with E-state index in [1.165, 1.54) is 35.3 Å². The van der Waals surface area contributed by atoms with Gasteiger partial charge in [-0.1, -0.05) is 0 Å². The van der Waals surface area contributed by atoms with E-state index in [-0.39, 0.29) is 11.6 Å². The van der Waals surface area contributed by atoms with Crippen molar-refractivity contribution in [2.75, 3.05) is 12.4 Å². The molecule has 0 aliphatic carbocycles. The number of benzene rings is 1. The Morgan fingerprint density at radius 2 is 1.85 bits per heavy atom. The Kier molecular flexibility index (Phi) is 5.04. The number of rotatable bonds is 4. The van der Waals surface area contributed by atoms with Gasteiger partial charge in [-0.05, 0) is 50.6 Å². The molecule has 0 saturated carbocycles. The van der Waals surface area contributed by atoms with E-state index in [0.717, 1.165) is 10.4 Å². The summed E-state index contributed by atoms with van der Waals surface area (Å²) in [5.41, 5.74) is 1.66. The lowest BCUT2D eigenvalue weighted by Crippen LogP contribution is -2.16. The summed E-state index contributed by atoms with van der Waals surface area (Å²) in [6, 6.07) is 5.69. The van der Waals surface area contributed by atoms with Gasteiger partial charge in [-0.2, -0.15) is 0 Å². The Labute approximate surface area is 158 Å². The molecule has 0 aliphatic rings. The molecule has 7 nitrogen and oxygen atoms in total. The smallest absolute Gasteiger partial charge is 0.341 e. The normalized spacial score (nSPS) is 10.7. The van der Waals surface area contributed by atoms with Crippen LogP contribution < -0.4 is 5.32 Å². The molecule has 0 unspecified atom stereocenters. The van der Waals surface area contributed by atoms with E-state index in [0.29, 0.717) is 22.1 Å². The summed E-state index contributed by atoms with van der Waals surface area (Å²) in [6.07, 6.45) is 0. The van der Waals surface area contributed by atoms with Crippen molar-refractivity contribution in [2.45, 2.75) is 20.8 Å². The lowest BCUT2D eigenvalue weighted by atomic mass is 10.1. The number of aromatic nitrogens is 3. The zero-order valence-corrected chi connectivity index (χ0v) is 16.0. The maximum absolute atomic E-state index is 13.1. The van der Waals surface area contributed by atoms with Crippen molar-refractivity contribution in [1.29, 1.82) is 0 Å². The second-order valence-electron chi connectivity index (χ2n) is 5.80. The third kappa shape index (κ3) is 3.59. The van der Waals surface area contributed by atoms with E-state index < -0.39 is 11.9 Å². The van der Waals surface area contributed by atoms with Crippen LogP contribution in [0, 0.1) is 26.6 Å². The molecule has 3 rings (SSSR count). The number of ether oxygens (including phenoxy) is 1. The van der Waals surface area contributed by atoms with Crippen LogP contribution in [0.1, 0.15) is 37.2 Å². The van der Waals surface area contributed by atoms with Gasteiger partial charge in [-0.25, -0.2) is 18.9 Å². The molecular formula is C18H17FN4O3S. The van der Waals surface area contributed by atoms with E-state index in [1.54, 1.807) is 26.0 Å². The first-order valence-corrected chi connectivity index (χ1v) is 8.82. The standard InChI is InChI=1S/C18H17FN4O3S/c1-9-10(2)27-17(14(9)18(25)26-4)21-16(24)15-20-11(3)23(22-15)13-7-5-12(19)6-8-13/h5-8H,1-4H3,(H,21,24). The van der Waals surface area contributed by atoms with Crippen LogP contribution in [0.2, 0.25) is 0 Å². The van der Waals surface area contributed by atoms with E-state index in [9.17, 15) is 14.0 Å². The van der Waals surface area contributed by atoms with Gasteiger partial charge in [0.1, 0.15) is 16.6 Å². The number of amides is 1. The van der Waals surface area contributed by atoms with Crippen LogP contribution in [-0.4, -0.2) is 33.8 Å². The molecule has 2 aromatic heterocycles. The predicted molar refractivity (Wildman–Crippen MR) is 99.1 cm³/mol.